The fraction of sp³-hybridized carbons (Fsp3) is 0.333. The molecule has 1 nitrogen and oxygen atoms in total. The van der Waals surface area contributed by atoms with Gasteiger partial charge in [0.05, 0.1) is 11.1 Å². The van der Waals surface area contributed by atoms with E-state index in [2.05, 4.69) is 6.08 Å². The molecule has 1 atom stereocenters. The average Bonchev–Trinajstić information content (AvgIpc) is 2.74. The summed E-state index contributed by atoms with van der Waals surface area (Å²) in [5, 5.41) is 0.140. The molecule has 0 aromatic heterocycles. The summed E-state index contributed by atoms with van der Waals surface area (Å²) in [6.07, 6.45) is 5.23. The summed E-state index contributed by atoms with van der Waals surface area (Å²) in [6.45, 7) is 0. The standard InChI is InChI=1S/C12H13ClFN/c13-10-7-3-6-9(11(10)14)12(15)8-4-1-2-5-8/h3-4,6-7,12H,1-2,5,15H2. The van der Waals surface area contributed by atoms with Gasteiger partial charge in [-0.1, -0.05) is 35.4 Å². The Bertz CT molecular complexity index is 401. The van der Waals surface area contributed by atoms with Crippen LogP contribution in [0.5, 0.6) is 0 Å². The van der Waals surface area contributed by atoms with Crippen LogP contribution >= 0.6 is 11.6 Å². The van der Waals surface area contributed by atoms with Crippen molar-refractivity contribution in [1.29, 1.82) is 0 Å². The lowest BCUT2D eigenvalue weighted by Crippen LogP contribution is -2.14. The number of benzene rings is 1. The highest BCUT2D eigenvalue weighted by Gasteiger charge is 2.19. The topological polar surface area (TPSA) is 26.0 Å². The molecule has 3 heteroatoms. The SMILES string of the molecule is NC(C1=CCCC1)c1cccc(Cl)c1F. The van der Waals surface area contributed by atoms with E-state index in [-0.39, 0.29) is 16.9 Å². The van der Waals surface area contributed by atoms with Gasteiger partial charge in [-0.15, -0.1) is 0 Å². The normalized spacial score (nSPS) is 17.7. The van der Waals surface area contributed by atoms with Crippen LogP contribution in [0.4, 0.5) is 4.39 Å². The Labute approximate surface area is 93.7 Å². The molecular weight excluding hydrogens is 213 g/mol. The lowest BCUT2D eigenvalue weighted by atomic mass is 9.99. The molecule has 0 bridgehead atoms. The molecule has 1 aromatic carbocycles. The van der Waals surface area contributed by atoms with E-state index in [1.807, 2.05) is 0 Å². The molecule has 0 saturated carbocycles. The zero-order valence-corrected chi connectivity index (χ0v) is 9.10. The summed E-state index contributed by atoms with van der Waals surface area (Å²) >= 11 is 5.71. The second kappa shape index (κ2) is 4.33. The Morgan fingerprint density at radius 3 is 2.87 bits per heavy atom. The van der Waals surface area contributed by atoms with Crippen LogP contribution in [0, 0.1) is 5.82 Å². The largest absolute Gasteiger partial charge is 0.320 e. The maximum Gasteiger partial charge on any atom is 0.146 e. The molecule has 2 rings (SSSR count). The van der Waals surface area contributed by atoms with Crippen LogP contribution in [0.2, 0.25) is 5.02 Å². The summed E-state index contributed by atoms with van der Waals surface area (Å²) in [5.74, 6) is -0.389. The molecule has 0 spiro atoms. The molecule has 2 N–H and O–H groups in total. The highest BCUT2D eigenvalue weighted by Crippen LogP contribution is 2.31. The summed E-state index contributed by atoms with van der Waals surface area (Å²) in [5.41, 5.74) is 7.62. The van der Waals surface area contributed by atoms with Crippen molar-refractivity contribution in [2.24, 2.45) is 5.73 Å². The van der Waals surface area contributed by atoms with Crippen LogP contribution in [-0.4, -0.2) is 0 Å². The summed E-state index contributed by atoms with van der Waals surface area (Å²) in [6, 6.07) is 4.63. The highest BCUT2D eigenvalue weighted by atomic mass is 35.5. The van der Waals surface area contributed by atoms with Gasteiger partial charge in [0.1, 0.15) is 5.82 Å². The lowest BCUT2D eigenvalue weighted by molar-refractivity contribution is 0.596. The van der Waals surface area contributed by atoms with Crippen LogP contribution in [0.15, 0.2) is 29.8 Å². The molecule has 1 aliphatic carbocycles. The van der Waals surface area contributed by atoms with Gasteiger partial charge in [0, 0.05) is 5.56 Å². The van der Waals surface area contributed by atoms with Crippen molar-refractivity contribution >= 4 is 11.6 Å². The van der Waals surface area contributed by atoms with Crippen molar-refractivity contribution in [3.8, 4) is 0 Å². The van der Waals surface area contributed by atoms with Gasteiger partial charge in [-0.2, -0.15) is 0 Å². The minimum Gasteiger partial charge on any atom is -0.320 e. The first-order valence-corrected chi connectivity index (χ1v) is 5.46. The van der Waals surface area contributed by atoms with Gasteiger partial charge in [-0.25, -0.2) is 4.39 Å². The first-order valence-electron chi connectivity index (χ1n) is 5.08. The molecule has 0 saturated heterocycles. The molecule has 1 aromatic rings. The van der Waals surface area contributed by atoms with Gasteiger partial charge in [-0.3, -0.25) is 0 Å². The molecule has 0 radical (unpaired) electrons. The second-order valence-electron chi connectivity index (χ2n) is 3.79. The van der Waals surface area contributed by atoms with Crippen LogP contribution in [0.3, 0.4) is 0 Å². The predicted molar refractivity (Wildman–Crippen MR) is 60.3 cm³/mol. The molecule has 80 valence electrons. The van der Waals surface area contributed by atoms with Crippen LogP contribution < -0.4 is 5.73 Å². The van der Waals surface area contributed by atoms with Gasteiger partial charge in [0.25, 0.3) is 0 Å². The number of hydrogen-bond acceptors (Lipinski definition) is 1. The average molecular weight is 226 g/mol. The van der Waals surface area contributed by atoms with Gasteiger partial charge in [-0.05, 0) is 25.3 Å². The van der Waals surface area contributed by atoms with E-state index in [4.69, 9.17) is 17.3 Å². The zero-order valence-electron chi connectivity index (χ0n) is 8.34. The Balaban J connectivity index is 2.32. The third kappa shape index (κ3) is 2.06. The fourth-order valence-electron chi connectivity index (χ4n) is 1.94. The molecule has 15 heavy (non-hydrogen) atoms. The van der Waals surface area contributed by atoms with Crippen molar-refractivity contribution < 1.29 is 4.39 Å². The number of hydrogen-bond donors (Lipinski definition) is 1. The third-order valence-electron chi connectivity index (χ3n) is 2.79. The number of nitrogens with two attached hydrogens (primary N) is 1. The van der Waals surface area contributed by atoms with E-state index in [0.29, 0.717) is 5.56 Å². The summed E-state index contributed by atoms with van der Waals surface area (Å²) < 4.78 is 13.7. The molecule has 0 amide bonds. The van der Waals surface area contributed by atoms with Crippen molar-refractivity contribution in [2.75, 3.05) is 0 Å². The van der Waals surface area contributed by atoms with Crippen LogP contribution in [0.1, 0.15) is 30.9 Å². The Morgan fingerprint density at radius 2 is 2.20 bits per heavy atom. The maximum atomic E-state index is 13.7. The highest BCUT2D eigenvalue weighted by molar-refractivity contribution is 6.30. The first-order chi connectivity index (χ1) is 7.20. The fourth-order valence-corrected chi connectivity index (χ4v) is 2.12. The van der Waals surface area contributed by atoms with Gasteiger partial charge < -0.3 is 5.73 Å². The quantitative estimate of drug-likeness (QED) is 0.765. The number of rotatable bonds is 2. The van der Waals surface area contributed by atoms with Gasteiger partial charge in [0.15, 0.2) is 0 Å². The smallest absolute Gasteiger partial charge is 0.146 e. The maximum absolute atomic E-state index is 13.7. The van der Waals surface area contributed by atoms with E-state index < -0.39 is 0 Å². The lowest BCUT2D eigenvalue weighted by Gasteiger charge is -2.14. The molecule has 0 fully saturated rings. The Kier molecular flexibility index (Phi) is 3.08. The molecule has 1 unspecified atom stereocenters. The van der Waals surface area contributed by atoms with Crippen molar-refractivity contribution in [3.63, 3.8) is 0 Å². The monoisotopic (exact) mass is 225 g/mol. The second-order valence-corrected chi connectivity index (χ2v) is 4.20. The molecule has 0 heterocycles. The molecule has 1 aliphatic rings. The molecule has 0 aliphatic heterocycles. The van der Waals surface area contributed by atoms with Crippen molar-refractivity contribution in [3.05, 3.63) is 46.3 Å². The minimum atomic E-state index is -0.389. The Hall–Kier alpha value is -0.860. The predicted octanol–water partition coefficient (Wildman–Crippen LogP) is 3.59. The Morgan fingerprint density at radius 1 is 1.40 bits per heavy atom. The van der Waals surface area contributed by atoms with E-state index in [9.17, 15) is 4.39 Å². The van der Waals surface area contributed by atoms with Gasteiger partial charge in [0.2, 0.25) is 0 Å². The first kappa shape index (κ1) is 10.7. The van der Waals surface area contributed by atoms with Crippen molar-refractivity contribution in [1.82, 2.24) is 0 Å². The summed E-state index contributed by atoms with van der Waals surface area (Å²) in [4.78, 5) is 0. The third-order valence-corrected chi connectivity index (χ3v) is 3.08. The van der Waals surface area contributed by atoms with E-state index in [1.54, 1.807) is 12.1 Å². The zero-order chi connectivity index (χ0) is 10.8. The number of halogens is 2. The summed E-state index contributed by atoms with van der Waals surface area (Å²) in [7, 11) is 0. The van der Waals surface area contributed by atoms with E-state index >= 15 is 0 Å². The van der Waals surface area contributed by atoms with E-state index in [1.165, 1.54) is 6.07 Å². The van der Waals surface area contributed by atoms with Crippen molar-refractivity contribution in [2.45, 2.75) is 25.3 Å². The van der Waals surface area contributed by atoms with Crippen LogP contribution in [0.25, 0.3) is 0 Å². The molecular formula is C12H13ClFN. The van der Waals surface area contributed by atoms with Crippen LogP contribution in [-0.2, 0) is 0 Å². The van der Waals surface area contributed by atoms with Gasteiger partial charge >= 0.3 is 0 Å². The number of allylic oxidation sites excluding steroid dienone is 1. The van der Waals surface area contributed by atoms with E-state index in [0.717, 1.165) is 24.8 Å². The minimum absolute atomic E-state index is 0.140.